The van der Waals surface area contributed by atoms with Crippen LogP contribution in [0.15, 0.2) is 4.99 Å². The molecule has 1 saturated heterocycles. The summed E-state index contributed by atoms with van der Waals surface area (Å²) in [5, 5.41) is 23.5. The van der Waals surface area contributed by atoms with Crippen LogP contribution in [0.3, 0.4) is 0 Å². The lowest BCUT2D eigenvalue weighted by molar-refractivity contribution is -0.150. The number of carboxylic acids is 2. The van der Waals surface area contributed by atoms with E-state index < -0.39 is 66.2 Å². The molecule has 1 fully saturated rings. The molecule has 35 heavy (non-hydrogen) atoms. The molecular weight excluding hydrogens is 462 g/mol. The summed E-state index contributed by atoms with van der Waals surface area (Å²) in [5.74, 6) is -4.75. The molecule has 1 heterocycles. The first-order chi connectivity index (χ1) is 16.3. The number of nitrogens with two attached hydrogens (primary N) is 3. The Balaban J connectivity index is 2.90. The summed E-state index contributed by atoms with van der Waals surface area (Å²) in [5.41, 5.74) is 16.4. The van der Waals surface area contributed by atoms with E-state index in [1.54, 1.807) is 13.8 Å². The Morgan fingerprint density at radius 2 is 1.71 bits per heavy atom. The van der Waals surface area contributed by atoms with Gasteiger partial charge in [0.05, 0.1) is 6.04 Å². The Morgan fingerprint density at radius 1 is 1.06 bits per heavy atom. The molecule has 0 bridgehead atoms. The second-order valence-electron chi connectivity index (χ2n) is 8.81. The smallest absolute Gasteiger partial charge is 0.326 e. The van der Waals surface area contributed by atoms with E-state index in [2.05, 4.69) is 15.6 Å². The number of aliphatic imine (C=N–C) groups is 1. The maximum Gasteiger partial charge on any atom is 0.326 e. The molecule has 0 radical (unpaired) electrons. The Labute approximate surface area is 203 Å². The molecule has 1 aliphatic heterocycles. The van der Waals surface area contributed by atoms with E-state index in [1.165, 1.54) is 4.90 Å². The third-order valence-corrected chi connectivity index (χ3v) is 5.64. The molecule has 0 aromatic heterocycles. The lowest BCUT2D eigenvalue weighted by Crippen LogP contribution is -2.58. The molecule has 0 saturated carbocycles. The van der Waals surface area contributed by atoms with Crippen LogP contribution in [0.4, 0.5) is 0 Å². The van der Waals surface area contributed by atoms with Crippen molar-refractivity contribution in [1.29, 1.82) is 0 Å². The molecule has 14 heteroatoms. The van der Waals surface area contributed by atoms with Crippen molar-refractivity contribution in [2.75, 3.05) is 13.1 Å². The average Bonchev–Trinajstić information content (AvgIpc) is 3.26. The number of aliphatic carboxylic acids is 2. The van der Waals surface area contributed by atoms with Crippen LogP contribution in [0.25, 0.3) is 0 Å². The van der Waals surface area contributed by atoms with Gasteiger partial charge in [-0.1, -0.05) is 13.8 Å². The molecule has 0 spiro atoms. The number of carbonyl (C=O) groups excluding carboxylic acids is 3. The average molecular weight is 500 g/mol. The normalized spacial score (nSPS) is 17.8. The van der Waals surface area contributed by atoms with Gasteiger partial charge < -0.3 is 42.9 Å². The second-order valence-corrected chi connectivity index (χ2v) is 8.81. The number of guanidine groups is 1. The Bertz CT molecular complexity index is 814. The van der Waals surface area contributed by atoms with E-state index in [-0.39, 0.29) is 31.9 Å². The van der Waals surface area contributed by atoms with Gasteiger partial charge in [0.2, 0.25) is 17.7 Å². The van der Waals surface area contributed by atoms with Gasteiger partial charge in [-0.2, -0.15) is 0 Å². The van der Waals surface area contributed by atoms with Crippen LogP contribution in [0.2, 0.25) is 0 Å². The van der Waals surface area contributed by atoms with Crippen LogP contribution < -0.4 is 27.8 Å². The Hall–Kier alpha value is -3.42. The number of hydrogen-bond acceptors (Lipinski definition) is 7. The first-order valence-electron chi connectivity index (χ1n) is 11.5. The van der Waals surface area contributed by atoms with E-state index >= 15 is 0 Å². The lowest BCUT2D eigenvalue weighted by atomic mass is 10.0. The number of rotatable bonds is 14. The molecule has 1 rings (SSSR count). The standard InChI is InChI=1S/C21H37N7O7/c1-11(2)16(19(33)28-10-4-6-14(28)20(34)35)27-18(32)13(7-8-15(29)30)26-17(31)12(22)5-3-9-25-21(23)24/h11-14,16H,3-10,22H2,1-2H3,(H,26,31)(H,27,32)(H,29,30)(H,34,35)(H4,23,24,25). The van der Waals surface area contributed by atoms with Gasteiger partial charge in [0, 0.05) is 19.5 Å². The Kier molecular flexibility index (Phi) is 11.9. The quantitative estimate of drug-likeness (QED) is 0.0781. The Morgan fingerprint density at radius 3 is 2.26 bits per heavy atom. The molecule has 4 unspecified atom stereocenters. The summed E-state index contributed by atoms with van der Waals surface area (Å²) in [6, 6.07) is -4.28. The molecule has 4 atom stereocenters. The highest BCUT2D eigenvalue weighted by molar-refractivity contribution is 5.94. The highest BCUT2D eigenvalue weighted by atomic mass is 16.4. The predicted molar refractivity (Wildman–Crippen MR) is 126 cm³/mol. The van der Waals surface area contributed by atoms with Crippen molar-refractivity contribution in [3.05, 3.63) is 0 Å². The number of nitrogens with zero attached hydrogens (tertiary/aromatic N) is 2. The lowest BCUT2D eigenvalue weighted by Gasteiger charge is -2.30. The summed E-state index contributed by atoms with van der Waals surface area (Å²) in [6.45, 7) is 3.89. The second kappa shape index (κ2) is 14.1. The van der Waals surface area contributed by atoms with E-state index in [0.717, 1.165) is 0 Å². The number of nitrogens with one attached hydrogen (secondary N) is 2. The minimum absolute atomic E-state index is 0.0914. The van der Waals surface area contributed by atoms with Crippen molar-refractivity contribution in [2.45, 2.75) is 76.5 Å². The molecule has 10 N–H and O–H groups in total. The molecule has 0 aliphatic carbocycles. The fraction of sp³-hybridized carbons (Fsp3) is 0.714. The third-order valence-electron chi connectivity index (χ3n) is 5.64. The number of amides is 3. The first-order valence-corrected chi connectivity index (χ1v) is 11.5. The van der Waals surface area contributed by atoms with Crippen LogP contribution in [-0.2, 0) is 24.0 Å². The van der Waals surface area contributed by atoms with Crippen LogP contribution in [0.5, 0.6) is 0 Å². The maximum absolute atomic E-state index is 13.1. The van der Waals surface area contributed by atoms with E-state index in [1.807, 2.05) is 0 Å². The van der Waals surface area contributed by atoms with E-state index in [9.17, 15) is 29.1 Å². The minimum Gasteiger partial charge on any atom is -0.481 e. The SMILES string of the molecule is CC(C)C(NC(=O)C(CCC(=O)O)NC(=O)C(N)CCCN=C(N)N)C(=O)N1CCCC1C(=O)O. The van der Waals surface area contributed by atoms with Gasteiger partial charge in [0.25, 0.3) is 0 Å². The van der Waals surface area contributed by atoms with Crippen molar-refractivity contribution in [2.24, 2.45) is 28.1 Å². The zero-order valence-electron chi connectivity index (χ0n) is 20.1. The minimum atomic E-state index is -1.26. The highest BCUT2D eigenvalue weighted by Gasteiger charge is 2.39. The third kappa shape index (κ3) is 9.76. The summed E-state index contributed by atoms with van der Waals surface area (Å²) >= 11 is 0. The number of carbonyl (C=O) groups is 5. The van der Waals surface area contributed by atoms with Crippen LogP contribution >= 0.6 is 0 Å². The first kappa shape index (κ1) is 29.6. The summed E-state index contributed by atoms with van der Waals surface area (Å²) in [6.07, 6.45) is 0.829. The van der Waals surface area contributed by atoms with Gasteiger partial charge in [0.15, 0.2) is 5.96 Å². The van der Waals surface area contributed by atoms with Crippen LogP contribution in [0, 0.1) is 5.92 Å². The highest BCUT2D eigenvalue weighted by Crippen LogP contribution is 2.20. The van der Waals surface area contributed by atoms with Gasteiger partial charge in [-0.05, 0) is 38.0 Å². The van der Waals surface area contributed by atoms with Gasteiger partial charge >= 0.3 is 11.9 Å². The molecule has 198 valence electrons. The summed E-state index contributed by atoms with van der Waals surface area (Å²) in [7, 11) is 0. The molecule has 0 aromatic rings. The van der Waals surface area contributed by atoms with Gasteiger partial charge in [0.1, 0.15) is 18.1 Å². The monoisotopic (exact) mass is 499 g/mol. The summed E-state index contributed by atoms with van der Waals surface area (Å²) in [4.78, 5) is 66.2. The van der Waals surface area contributed by atoms with Crippen molar-refractivity contribution in [3.63, 3.8) is 0 Å². The van der Waals surface area contributed by atoms with Crippen molar-refractivity contribution in [1.82, 2.24) is 15.5 Å². The van der Waals surface area contributed by atoms with E-state index in [0.29, 0.717) is 19.3 Å². The fourth-order valence-corrected chi connectivity index (χ4v) is 3.70. The van der Waals surface area contributed by atoms with Gasteiger partial charge in [-0.25, -0.2) is 4.79 Å². The predicted octanol–water partition coefficient (Wildman–Crippen LogP) is -2.07. The number of hydrogen-bond donors (Lipinski definition) is 7. The van der Waals surface area contributed by atoms with Gasteiger partial charge in [-0.3, -0.25) is 24.2 Å². The molecular formula is C21H37N7O7. The number of likely N-dealkylation sites (tertiary alicyclic amines) is 1. The molecule has 1 aliphatic rings. The van der Waals surface area contributed by atoms with Crippen LogP contribution in [-0.4, -0.2) is 88.0 Å². The molecule has 14 nitrogen and oxygen atoms in total. The zero-order valence-corrected chi connectivity index (χ0v) is 20.1. The van der Waals surface area contributed by atoms with Gasteiger partial charge in [-0.15, -0.1) is 0 Å². The molecule has 0 aromatic carbocycles. The number of carboxylic acid groups (broad SMARTS) is 2. The van der Waals surface area contributed by atoms with Crippen molar-refractivity contribution in [3.8, 4) is 0 Å². The maximum atomic E-state index is 13.1. The molecule has 3 amide bonds. The van der Waals surface area contributed by atoms with Crippen molar-refractivity contribution >= 4 is 35.6 Å². The van der Waals surface area contributed by atoms with Crippen molar-refractivity contribution < 1.29 is 34.2 Å². The van der Waals surface area contributed by atoms with Crippen LogP contribution in [0.1, 0.15) is 52.4 Å². The topological polar surface area (TPSA) is 244 Å². The van der Waals surface area contributed by atoms with E-state index in [4.69, 9.17) is 22.3 Å². The zero-order chi connectivity index (χ0) is 26.7. The summed E-state index contributed by atoms with van der Waals surface area (Å²) < 4.78 is 0. The fourth-order valence-electron chi connectivity index (χ4n) is 3.70. The largest absolute Gasteiger partial charge is 0.481 e.